The number of benzene rings is 1. The Balaban J connectivity index is 1.95. The molecule has 21 heavy (non-hydrogen) atoms. The smallest absolute Gasteiger partial charge is 0.220 e. The molecule has 0 aromatic heterocycles. The number of hydrogen-bond acceptors (Lipinski definition) is 2. The van der Waals surface area contributed by atoms with Crippen molar-refractivity contribution in [2.24, 2.45) is 11.8 Å². The minimum absolute atomic E-state index is 0.114. The van der Waals surface area contributed by atoms with Gasteiger partial charge in [-0.2, -0.15) is 0 Å². The summed E-state index contributed by atoms with van der Waals surface area (Å²) in [7, 11) is 0. The summed E-state index contributed by atoms with van der Waals surface area (Å²) in [4.78, 5) is 12.4. The third kappa shape index (κ3) is 4.85. The van der Waals surface area contributed by atoms with Crippen molar-refractivity contribution in [2.45, 2.75) is 51.5 Å². The molecule has 2 unspecified atom stereocenters. The highest BCUT2D eigenvalue weighted by Crippen LogP contribution is 2.34. The van der Waals surface area contributed by atoms with E-state index in [1.165, 1.54) is 18.4 Å². The Bertz CT molecular complexity index is 440. The number of aliphatic hydroxyl groups is 1. The van der Waals surface area contributed by atoms with Gasteiger partial charge in [-0.25, -0.2) is 0 Å². The van der Waals surface area contributed by atoms with Crippen LogP contribution in [0.5, 0.6) is 0 Å². The molecule has 1 aliphatic rings. The molecule has 3 nitrogen and oxygen atoms in total. The Kier molecular flexibility index (Phi) is 5.80. The molecule has 3 heteroatoms. The summed E-state index contributed by atoms with van der Waals surface area (Å²) in [6.07, 6.45) is 3.55. The molecule has 1 aromatic rings. The fraction of sp³-hybridized carbons (Fsp3) is 0.611. The van der Waals surface area contributed by atoms with Gasteiger partial charge in [0.25, 0.3) is 0 Å². The van der Waals surface area contributed by atoms with Gasteiger partial charge in [0.15, 0.2) is 0 Å². The SMILES string of the molecule is CC(C)C(CC(=O)NC(CCO)C1CC1)c1ccccc1. The lowest BCUT2D eigenvalue weighted by Crippen LogP contribution is -2.38. The maximum absolute atomic E-state index is 12.4. The molecule has 1 fully saturated rings. The third-order valence-corrected chi connectivity index (χ3v) is 4.42. The van der Waals surface area contributed by atoms with Gasteiger partial charge in [0.1, 0.15) is 0 Å². The molecule has 0 spiro atoms. The predicted octanol–water partition coefficient (Wildman–Crippen LogP) is 3.09. The van der Waals surface area contributed by atoms with Crippen LogP contribution < -0.4 is 5.32 Å². The van der Waals surface area contributed by atoms with E-state index in [-0.39, 0.29) is 24.5 Å². The van der Waals surface area contributed by atoms with E-state index in [1.54, 1.807) is 0 Å². The number of aliphatic hydroxyl groups excluding tert-OH is 1. The molecular formula is C18H27NO2. The number of amides is 1. The molecule has 2 N–H and O–H groups in total. The lowest BCUT2D eigenvalue weighted by molar-refractivity contribution is -0.122. The Morgan fingerprint density at radius 2 is 1.95 bits per heavy atom. The van der Waals surface area contributed by atoms with Gasteiger partial charge < -0.3 is 10.4 Å². The first kappa shape index (κ1) is 16.0. The van der Waals surface area contributed by atoms with Crippen molar-refractivity contribution in [3.63, 3.8) is 0 Å². The fourth-order valence-electron chi connectivity index (χ4n) is 2.97. The van der Waals surface area contributed by atoms with Crippen molar-refractivity contribution in [3.05, 3.63) is 35.9 Å². The lowest BCUT2D eigenvalue weighted by Gasteiger charge is -2.23. The Labute approximate surface area is 127 Å². The molecule has 1 aromatic carbocycles. The summed E-state index contributed by atoms with van der Waals surface area (Å²) >= 11 is 0. The van der Waals surface area contributed by atoms with E-state index in [0.717, 1.165) is 0 Å². The normalized spacial score (nSPS) is 17.5. The number of hydrogen-bond donors (Lipinski definition) is 2. The van der Waals surface area contributed by atoms with Crippen LogP contribution in [0.15, 0.2) is 30.3 Å². The standard InChI is InChI=1S/C18H27NO2/c1-13(2)16(14-6-4-3-5-7-14)12-18(21)19-17(10-11-20)15-8-9-15/h3-7,13,15-17,20H,8-12H2,1-2H3,(H,19,21). The highest BCUT2D eigenvalue weighted by Gasteiger charge is 2.32. The molecule has 2 atom stereocenters. The van der Waals surface area contributed by atoms with E-state index in [0.29, 0.717) is 24.7 Å². The summed E-state index contributed by atoms with van der Waals surface area (Å²) in [6.45, 7) is 4.47. The molecule has 0 saturated heterocycles. The molecule has 0 heterocycles. The molecule has 0 radical (unpaired) electrons. The summed E-state index contributed by atoms with van der Waals surface area (Å²) in [5.74, 6) is 1.37. The summed E-state index contributed by atoms with van der Waals surface area (Å²) in [5, 5.41) is 12.3. The molecule has 0 aliphatic heterocycles. The zero-order chi connectivity index (χ0) is 15.2. The zero-order valence-electron chi connectivity index (χ0n) is 13.1. The van der Waals surface area contributed by atoms with Gasteiger partial charge >= 0.3 is 0 Å². The molecule has 1 aliphatic carbocycles. The number of carbonyl (C=O) groups is 1. The zero-order valence-corrected chi connectivity index (χ0v) is 13.1. The van der Waals surface area contributed by atoms with Crippen LogP contribution in [0.4, 0.5) is 0 Å². The topological polar surface area (TPSA) is 49.3 Å². The summed E-state index contributed by atoms with van der Waals surface area (Å²) in [6, 6.07) is 10.4. The maximum Gasteiger partial charge on any atom is 0.220 e. The quantitative estimate of drug-likeness (QED) is 0.772. The van der Waals surface area contributed by atoms with Crippen LogP contribution in [0.1, 0.15) is 51.0 Å². The van der Waals surface area contributed by atoms with Crippen molar-refractivity contribution < 1.29 is 9.90 Å². The van der Waals surface area contributed by atoms with Crippen LogP contribution in [-0.2, 0) is 4.79 Å². The van der Waals surface area contributed by atoms with Crippen molar-refractivity contribution in [2.75, 3.05) is 6.61 Å². The number of nitrogens with one attached hydrogen (secondary N) is 1. The Morgan fingerprint density at radius 3 is 2.48 bits per heavy atom. The summed E-state index contributed by atoms with van der Waals surface area (Å²) < 4.78 is 0. The van der Waals surface area contributed by atoms with Crippen LogP contribution in [0.3, 0.4) is 0 Å². The second kappa shape index (κ2) is 7.60. The van der Waals surface area contributed by atoms with E-state index >= 15 is 0 Å². The van der Waals surface area contributed by atoms with E-state index in [1.807, 2.05) is 18.2 Å². The van der Waals surface area contributed by atoms with Gasteiger partial charge in [-0.05, 0) is 42.6 Å². The van der Waals surface area contributed by atoms with E-state index < -0.39 is 0 Å². The van der Waals surface area contributed by atoms with Crippen LogP contribution in [0, 0.1) is 11.8 Å². The Morgan fingerprint density at radius 1 is 1.29 bits per heavy atom. The van der Waals surface area contributed by atoms with E-state index in [9.17, 15) is 4.79 Å². The first-order chi connectivity index (χ1) is 10.1. The predicted molar refractivity (Wildman–Crippen MR) is 85.0 cm³/mol. The highest BCUT2D eigenvalue weighted by molar-refractivity contribution is 5.77. The molecule has 1 amide bonds. The average molecular weight is 289 g/mol. The largest absolute Gasteiger partial charge is 0.396 e. The minimum atomic E-state index is 0.114. The van der Waals surface area contributed by atoms with E-state index in [4.69, 9.17) is 5.11 Å². The highest BCUT2D eigenvalue weighted by atomic mass is 16.3. The van der Waals surface area contributed by atoms with Gasteiger partial charge in [0.05, 0.1) is 0 Å². The van der Waals surface area contributed by atoms with Gasteiger partial charge in [0.2, 0.25) is 5.91 Å². The van der Waals surface area contributed by atoms with Crippen LogP contribution in [-0.4, -0.2) is 23.7 Å². The second-order valence-electron chi connectivity index (χ2n) is 6.49. The first-order valence-corrected chi connectivity index (χ1v) is 8.07. The van der Waals surface area contributed by atoms with Gasteiger partial charge in [0, 0.05) is 19.1 Å². The molecule has 0 bridgehead atoms. The number of carbonyl (C=O) groups excluding carboxylic acids is 1. The molecule has 116 valence electrons. The molecular weight excluding hydrogens is 262 g/mol. The molecule has 1 saturated carbocycles. The molecule has 2 rings (SSSR count). The third-order valence-electron chi connectivity index (χ3n) is 4.42. The van der Waals surface area contributed by atoms with Crippen LogP contribution in [0.25, 0.3) is 0 Å². The monoisotopic (exact) mass is 289 g/mol. The second-order valence-corrected chi connectivity index (χ2v) is 6.49. The fourth-order valence-corrected chi connectivity index (χ4v) is 2.97. The average Bonchev–Trinajstić information content (AvgIpc) is 3.29. The number of rotatable bonds is 8. The maximum atomic E-state index is 12.4. The van der Waals surface area contributed by atoms with Crippen molar-refractivity contribution >= 4 is 5.91 Å². The van der Waals surface area contributed by atoms with Crippen molar-refractivity contribution in [1.29, 1.82) is 0 Å². The van der Waals surface area contributed by atoms with Crippen molar-refractivity contribution in [3.8, 4) is 0 Å². The van der Waals surface area contributed by atoms with Gasteiger partial charge in [-0.15, -0.1) is 0 Å². The van der Waals surface area contributed by atoms with Crippen LogP contribution >= 0.6 is 0 Å². The van der Waals surface area contributed by atoms with Gasteiger partial charge in [-0.1, -0.05) is 44.2 Å². The van der Waals surface area contributed by atoms with Crippen molar-refractivity contribution in [1.82, 2.24) is 5.32 Å². The summed E-state index contributed by atoms with van der Waals surface area (Å²) in [5.41, 5.74) is 1.23. The minimum Gasteiger partial charge on any atom is -0.396 e. The lowest BCUT2D eigenvalue weighted by atomic mass is 9.85. The van der Waals surface area contributed by atoms with E-state index in [2.05, 4.69) is 31.3 Å². The van der Waals surface area contributed by atoms with Gasteiger partial charge in [-0.3, -0.25) is 4.79 Å². The Hall–Kier alpha value is -1.35. The van der Waals surface area contributed by atoms with Crippen LogP contribution in [0.2, 0.25) is 0 Å². The first-order valence-electron chi connectivity index (χ1n) is 8.07.